The first-order chi connectivity index (χ1) is 9.01. The normalized spacial score (nSPS) is 21.1. The molecule has 0 saturated carbocycles. The third-order valence-corrected chi connectivity index (χ3v) is 3.46. The molecule has 1 saturated heterocycles. The molecule has 0 aromatic heterocycles. The van der Waals surface area contributed by atoms with Crippen LogP contribution in [0.3, 0.4) is 0 Å². The summed E-state index contributed by atoms with van der Waals surface area (Å²) in [5.41, 5.74) is -0.579. The minimum Gasteiger partial charge on any atom is -0.489 e. The fourth-order valence-electron chi connectivity index (χ4n) is 2.11. The second-order valence-electron chi connectivity index (χ2n) is 4.53. The summed E-state index contributed by atoms with van der Waals surface area (Å²) in [6.07, 6.45) is 0.676. The van der Waals surface area contributed by atoms with Crippen molar-refractivity contribution in [3.8, 4) is 11.8 Å². The van der Waals surface area contributed by atoms with Gasteiger partial charge in [-0.2, -0.15) is 17.9 Å². The summed E-state index contributed by atoms with van der Waals surface area (Å²) in [4.78, 5) is 2.12. The second-order valence-corrected chi connectivity index (χ2v) is 5.28. The summed E-state index contributed by atoms with van der Waals surface area (Å²) in [6, 6.07) is 3.58. The zero-order chi connectivity index (χ0) is 14.0. The molecule has 0 radical (unpaired) electrons. The molecule has 0 bridgehead atoms. The molecule has 6 heteroatoms. The number of nitriles is 1. The molecule has 0 aliphatic carbocycles. The van der Waals surface area contributed by atoms with E-state index in [9.17, 15) is 8.78 Å². The fraction of sp³-hybridized carbons (Fsp3) is 0.462. The second kappa shape index (κ2) is 5.76. The molecule has 1 heterocycles. The van der Waals surface area contributed by atoms with Gasteiger partial charge in [-0.1, -0.05) is 0 Å². The summed E-state index contributed by atoms with van der Waals surface area (Å²) >= 11 is 4.33. The van der Waals surface area contributed by atoms with Gasteiger partial charge < -0.3 is 4.74 Å². The lowest BCUT2D eigenvalue weighted by molar-refractivity contribution is 0.197. The van der Waals surface area contributed by atoms with E-state index in [1.165, 1.54) is 6.07 Å². The number of benzene rings is 1. The van der Waals surface area contributed by atoms with E-state index in [0.717, 1.165) is 25.1 Å². The van der Waals surface area contributed by atoms with Gasteiger partial charge in [0, 0.05) is 25.2 Å². The first-order valence-electron chi connectivity index (χ1n) is 5.99. The Hall–Kier alpha value is -1.32. The molecule has 1 aromatic carbocycles. The number of nitrogens with zero attached hydrogens (tertiary/aromatic N) is 2. The molecule has 1 fully saturated rings. The van der Waals surface area contributed by atoms with Gasteiger partial charge in [-0.15, -0.1) is 0 Å². The quantitative estimate of drug-likeness (QED) is 0.867. The van der Waals surface area contributed by atoms with E-state index >= 15 is 0 Å². The predicted octanol–water partition coefficient (Wildman–Crippen LogP) is 2.57. The van der Waals surface area contributed by atoms with Crippen molar-refractivity contribution in [1.82, 2.24) is 4.90 Å². The lowest BCUT2D eigenvalue weighted by atomic mass is 10.2. The standard InChI is InChI=1S/C13H14F2N2OS/c1-8(19)17-3-2-9(7-17)18-10-4-12(14)11(6-16)13(15)5-10/h4-5,8-9,19H,2-3,7H2,1H3. The molecule has 19 heavy (non-hydrogen) atoms. The number of halogens is 2. The van der Waals surface area contributed by atoms with Crippen LogP contribution in [0.15, 0.2) is 12.1 Å². The van der Waals surface area contributed by atoms with E-state index < -0.39 is 17.2 Å². The Kier molecular flexibility index (Phi) is 4.27. The molecular formula is C13H14F2N2OS. The van der Waals surface area contributed by atoms with Crippen LogP contribution >= 0.6 is 12.6 Å². The average molecular weight is 284 g/mol. The van der Waals surface area contributed by atoms with E-state index in [4.69, 9.17) is 10.00 Å². The molecule has 3 nitrogen and oxygen atoms in total. The van der Waals surface area contributed by atoms with Crippen molar-refractivity contribution in [1.29, 1.82) is 5.26 Å². The minimum atomic E-state index is -0.894. The topological polar surface area (TPSA) is 36.3 Å². The monoisotopic (exact) mass is 284 g/mol. The molecule has 0 spiro atoms. The van der Waals surface area contributed by atoms with Gasteiger partial charge in [0.2, 0.25) is 0 Å². The number of thiol groups is 1. The molecule has 102 valence electrons. The molecule has 2 rings (SSSR count). The Morgan fingerprint density at radius 1 is 1.47 bits per heavy atom. The Morgan fingerprint density at radius 3 is 2.58 bits per heavy atom. The van der Waals surface area contributed by atoms with Crippen LogP contribution in [-0.2, 0) is 0 Å². The van der Waals surface area contributed by atoms with Crippen LogP contribution < -0.4 is 4.74 Å². The van der Waals surface area contributed by atoms with E-state index in [-0.39, 0.29) is 17.2 Å². The Bertz CT molecular complexity index is 493. The van der Waals surface area contributed by atoms with Crippen molar-refractivity contribution in [2.24, 2.45) is 0 Å². The van der Waals surface area contributed by atoms with Crippen molar-refractivity contribution in [2.45, 2.75) is 24.8 Å². The lowest BCUT2D eigenvalue weighted by Crippen LogP contribution is -2.29. The minimum absolute atomic E-state index is 0.110. The van der Waals surface area contributed by atoms with Crippen molar-refractivity contribution in [2.75, 3.05) is 13.1 Å². The molecule has 0 amide bonds. The summed E-state index contributed by atoms with van der Waals surface area (Å²) < 4.78 is 32.4. The van der Waals surface area contributed by atoms with E-state index in [2.05, 4.69) is 17.5 Å². The summed E-state index contributed by atoms with van der Waals surface area (Å²) in [5.74, 6) is -1.67. The van der Waals surface area contributed by atoms with Gasteiger partial charge in [0.15, 0.2) is 0 Å². The first kappa shape index (κ1) is 14.1. The lowest BCUT2D eigenvalue weighted by Gasteiger charge is -2.19. The SMILES string of the molecule is CC(S)N1CCC(Oc2cc(F)c(C#N)c(F)c2)C1. The maximum Gasteiger partial charge on any atom is 0.147 e. The molecule has 1 aliphatic heterocycles. The summed E-state index contributed by atoms with van der Waals surface area (Å²) in [5, 5.41) is 8.71. The third kappa shape index (κ3) is 3.17. The van der Waals surface area contributed by atoms with Crippen LogP contribution in [0.25, 0.3) is 0 Å². The van der Waals surface area contributed by atoms with Crippen LogP contribution in [0.5, 0.6) is 5.75 Å². The molecular weight excluding hydrogens is 270 g/mol. The zero-order valence-electron chi connectivity index (χ0n) is 10.4. The van der Waals surface area contributed by atoms with Crippen LogP contribution in [0.1, 0.15) is 18.9 Å². The van der Waals surface area contributed by atoms with E-state index in [1.54, 1.807) is 0 Å². The molecule has 0 N–H and O–H groups in total. The highest BCUT2D eigenvalue weighted by Crippen LogP contribution is 2.24. The van der Waals surface area contributed by atoms with Gasteiger partial charge >= 0.3 is 0 Å². The average Bonchev–Trinajstić information content (AvgIpc) is 2.77. The number of ether oxygens (including phenoxy) is 1. The van der Waals surface area contributed by atoms with Crippen molar-refractivity contribution >= 4 is 12.6 Å². The highest BCUT2D eigenvalue weighted by molar-refractivity contribution is 7.80. The molecule has 1 aliphatic rings. The predicted molar refractivity (Wildman–Crippen MR) is 70.1 cm³/mol. The van der Waals surface area contributed by atoms with Crippen molar-refractivity contribution in [3.05, 3.63) is 29.3 Å². The van der Waals surface area contributed by atoms with Crippen molar-refractivity contribution < 1.29 is 13.5 Å². The molecule has 2 unspecified atom stereocenters. The third-order valence-electron chi connectivity index (χ3n) is 3.14. The molecule has 2 atom stereocenters. The fourth-order valence-corrected chi connectivity index (χ4v) is 2.32. The Balaban J connectivity index is 2.07. The van der Waals surface area contributed by atoms with Gasteiger partial charge in [-0.3, -0.25) is 4.90 Å². The maximum absolute atomic E-state index is 13.4. The van der Waals surface area contributed by atoms with Gasteiger partial charge in [-0.25, -0.2) is 8.78 Å². The number of likely N-dealkylation sites (tertiary alicyclic amines) is 1. The van der Waals surface area contributed by atoms with Gasteiger partial charge in [0.25, 0.3) is 0 Å². The number of hydrogen-bond acceptors (Lipinski definition) is 4. The van der Waals surface area contributed by atoms with E-state index in [0.29, 0.717) is 6.54 Å². The smallest absolute Gasteiger partial charge is 0.147 e. The summed E-state index contributed by atoms with van der Waals surface area (Å²) in [6.45, 7) is 3.48. The van der Waals surface area contributed by atoms with Crippen LogP contribution in [0.4, 0.5) is 8.78 Å². The van der Waals surface area contributed by atoms with Gasteiger partial charge in [0.1, 0.15) is 35.1 Å². The van der Waals surface area contributed by atoms with Gasteiger partial charge in [-0.05, 0) is 13.3 Å². The van der Waals surface area contributed by atoms with Gasteiger partial charge in [0.05, 0.1) is 5.37 Å². The number of hydrogen-bond donors (Lipinski definition) is 1. The Labute approximate surface area is 116 Å². The first-order valence-corrected chi connectivity index (χ1v) is 6.51. The highest BCUT2D eigenvalue weighted by atomic mass is 32.1. The van der Waals surface area contributed by atoms with Crippen LogP contribution in [0, 0.1) is 23.0 Å². The van der Waals surface area contributed by atoms with Crippen LogP contribution in [0.2, 0.25) is 0 Å². The largest absolute Gasteiger partial charge is 0.489 e. The van der Waals surface area contributed by atoms with Crippen molar-refractivity contribution in [3.63, 3.8) is 0 Å². The van der Waals surface area contributed by atoms with E-state index in [1.807, 2.05) is 6.92 Å². The zero-order valence-corrected chi connectivity index (χ0v) is 11.3. The Morgan fingerprint density at radius 2 is 2.11 bits per heavy atom. The summed E-state index contributed by atoms with van der Waals surface area (Å²) in [7, 11) is 0. The number of rotatable bonds is 3. The maximum atomic E-state index is 13.4. The highest BCUT2D eigenvalue weighted by Gasteiger charge is 2.26. The molecule has 1 aromatic rings. The van der Waals surface area contributed by atoms with Crippen LogP contribution in [-0.4, -0.2) is 29.5 Å².